The molecule has 2 aliphatic heterocycles. The van der Waals surface area contributed by atoms with Crippen LogP contribution in [0.15, 0.2) is 16.6 Å². The molecule has 0 spiro atoms. The second-order valence-corrected chi connectivity index (χ2v) is 6.74. The number of hydrogen-bond donors (Lipinski definition) is 1. The van der Waals surface area contributed by atoms with E-state index < -0.39 is 0 Å². The van der Waals surface area contributed by atoms with E-state index in [2.05, 4.69) is 45.2 Å². The van der Waals surface area contributed by atoms with E-state index in [1.54, 1.807) is 0 Å². The monoisotopic (exact) mass is 338 g/mol. The third-order valence-corrected chi connectivity index (χ3v) is 4.63. The molecular weight excluding hydrogens is 316 g/mol. The maximum Gasteiger partial charge on any atom is 0.127 e. The molecule has 1 atom stereocenters. The highest BCUT2D eigenvalue weighted by Gasteiger charge is 2.24. The summed E-state index contributed by atoms with van der Waals surface area (Å²) in [7, 11) is 0. The van der Waals surface area contributed by atoms with Crippen LogP contribution in [-0.2, 0) is 13.0 Å². The van der Waals surface area contributed by atoms with E-state index in [4.69, 9.17) is 4.74 Å². The first-order chi connectivity index (χ1) is 9.76. The van der Waals surface area contributed by atoms with E-state index >= 15 is 0 Å². The Bertz CT molecular complexity index is 478. The van der Waals surface area contributed by atoms with Gasteiger partial charge in [0.15, 0.2) is 0 Å². The van der Waals surface area contributed by atoms with Crippen LogP contribution in [0.3, 0.4) is 0 Å². The van der Waals surface area contributed by atoms with Crippen LogP contribution in [0.2, 0.25) is 0 Å². The molecule has 1 N–H and O–H groups in total. The zero-order valence-corrected chi connectivity index (χ0v) is 13.7. The fraction of sp³-hybridized carbons (Fsp3) is 0.625. The van der Waals surface area contributed by atoms with Gasteiger partial charge in [-0.1, -0.05) is 22.9 Å². The van der Waals surface area contributed by atoms with Crippen molar-refractivity contribution in [2.24, 2.45) is 0 Å². The Morgan fingerprint density at radius 2 is 2.35 bits per heavy atom. The number of halogens is 1. The van der Waals surface area contributed by atoms with Crippen molar-refractivity contribution in [3.8, 4) is 5.75 Å². The van der Waals surface area contributed by atoms with Gasteiger partial charge >= 0.3 is 0 Å². The molecule has 0 aromatic heterocycles. The fourth-order valence-electron chi connectivity index (χ4n) is 3.20. The number of rotatable bonds is 5. The van der Waals surface area contributed by atoms with Gasteiger partial charge in [-0.3, -0.25) is 4.90 Å². The molecule has 0 aliphatic carbocycles. The molecule has 3 rings (SSSR count). The van der Waals surface area contributed by atoms with Crippen LogP contribution in [0.1, 0.15) is 30.9 Å². The van der Waals surface area contributed by atoms with Gasteiger partial charge in [-0.05, 0) is 37.1 Å². The van der Waals surface area contributed by atoms with Gasteiger partial charge in [0.2, 0.25) is 0 Å². The van der Waals surface area contributed by atoms with E-state index in [-0.39, 0.29) is 0 Å². The minimum absolute atomic E-state index is 0.663. The highest BCUT2D eigenvalue weighted by molar-refractivity contribution is 9.10. The quantitative estimate of drug-likeness (QED) is 0.893. The third-order valence-electron chi connectivity index (χ3n) is 4.17. The van der Waals surface area contributed by atoms with Crippen LogP contribution in [-0.4, -0.2) is 37.2 Å². The van der Waals surface area contributed by atoms with E-state index in [0.29, 0.717) is 6.04 Å². The molecule has 1 aromatic carbocycles. The van der Waals surface area contributed by atoms with Gasteiger partial charge < -0.3 is 10.1 Å². The van der Waals surface area contributed by atoms with Crippen molar-refractivity contribution in [3.05, 3.63) is 27.7 Å². The highest BCUT2D eigenvalue weighted by Crippen LogP contribution is 2.34. The van der Waals surface area contributed by atoms with Gasteiger partial charge in [0.05, 0.1) is 6.61 Å². The van der Waals surface area contributed by atoms with Gasteiger partial charge in [0.1, 0.15) is 5.75 Å². The number of likely N-dealkylation sites (tertiary alicyclic amines) is 1. The van der Waals surface area contributed by atoms with E-state index in [0.717, 1.165) is 38.4 Å². The summed E-state index contributed by atoms with van der Waals surface area (Å²) in [5.41, 5.74) is 2.69. The lowest BCUT2D eigenvalue weighted by molar-refractivity contribution is 0.305. The van der Waals surface area contributed by atoms with Crippen LogP contribution < -0.4 is 10.1 Å². The summed E-state index contributed by atoms with van der Waals surface area (Å²) in [6.45, 7) is 7.53. The molecule has 3 nitrogen and oxygen atoms in total. The molecular formula is C16H23BrN2O. The summed E-state index contributed by atoms with van der Waals surface area (Å²) in [5.74, 6) is 1.14. The lowest BCUT2D eigenvalue weighted by Crippen LogP contribution is -2.32. The van der Waals surface area contributed by atoms with Crippen LogP contribution in [0.5, 0.6) is 5.75 Å². The standard InChI is InChI=1S/C16H23BrN2O/c1-2-5-18-15-3-6-19(11-15)10-13-9-14(17)8-12-4-7-20-16(12)13/h8-9,15,18H,2-7,10-11H2,1H3. The van der Waals surface area contributed by atoms with Crippen LogP contribution in [0.25, 0.3) is 0 Å². The lowest BCUT2D eigenvalue weighted by atomic mass is 10.1. The Balaban J connectivity index is 1.64. The van der Waals surface area contributed by atoms with Gasteiger partial charge in [-0.2, -0.15) is 0 Å². The normalized spacial score (nSPS) is 22.0. The van der Waals surface area contributed by atoms with Crippen molar-refractivity contribution in [2.75, 3.05) is 26.2 Å². The Labute approximate surface area is 129 Å². The summed E-state index contributed by atoms with van der Waals surface area (Å²) in [6, 6.07) is 5.08. The summed E-state index contributed by atoms with van der Waals surface area (Å²) in [4.78, 5) is 2.54. The topological polar surface area (TPSA) is 24.5 Å². The maximum atomic E-state index is 5.82. The van der Waals surface area contributed by atoms with Crippen molar-refractivity contribution < 1.29 is 4.74 Å². The molecule has 1 fully saturated rings. The number of ether oxygens (including phenoxy) is 1. The highest BCUT2D eigenvalue weighted by atomic mass is 79.9. The Kier molecular flexibility index (Phi) is 4.64. The molecule has 0 radical (unpaired) electrons. The largest absolute Gasteiger partial charge is 0.493 e. The molecule has 2 heterocycles. The summed E-state index contributed by atoms with van der Waals surface area (Å²) < 4.78 is 7.00. The molecule has 1 saturated heterocycles. The van der Waals surface area contributed by atoms with Crippen LogP contribution in [0.4, 0.5) is 0 Å². The Morgan fingerprint density at radius 3 is 3.20 bits per heavy atom. The van der Waals surface area contributed by atoms with Crippen molar-refractivity contribution >= 4 is 15.9 Å². The molecule has 4 heteroatoms. The molecule has 0 amide bonds. The number of benzene rings is 1. The minimum Gasteiger partial charge on any atom is -0.493 e. The molecule has 1 aromatic rings. The van der Waals surface area contributed by atoms with Gasteiger partial charge in [-0.25, -0.2) is 0 Å². The van der Waals surface area contributed by atoms with Crippen LogP contribution >= 0.6 is 15.9 Å². The number of nitrogens with one attached hydrogen (secondary N) is 1. The smallest absolute Gasteiger partial charge is 0.127 e. The summed E-state index contributed by atoms with van der Waals surface area (Å²) >= 11 is 3.62. The van der Waals surface area contributed by atoms with E-state index in [1.807, 2.05) is 0 Å². The zero-order valence-electron chi connectivity index (χ0n) is 12.1. The van der Waals surface area contributed by atoms with Crippen molar-refractivity contribution in [3.63, 3.8) is 0 Å². The molecule has 0 saturated carbocycles. The number of fused-ring (bicyclic) bond motifs is 1. The van der Waals surface area contributed by atoms with Crippen molar-refractivity contribution in [1.82, 2.24) is 10.2 Å². The van der Waals surface area contributed by atoms with E-state index in [1.165, 1.54) is 35.0 Å². The van der Waals surface area contributed by atoms with Gasteiger partial charge in [-0.15, -0.1) is 0 Å². The number of nitrogens with zero attached hydrogens (tertiary/aromatic N) is 1. The Morgan fingerprint density at radius 1 is 1.45 bits per heavy atom. The molecule has 110 valence electrons. The molecule has 0 bridgehead atoms. The first kappa shape index (κ1) is 14.4. The molecule has 1 unspecified atom stereocenters. The minimum atomic E-state index is 0.663. The maximum absolute atomic E-state index is 5.82. The lowest BCUT2D eigenvalue weighted by Gasteiger charge is -2.18. The Hall–Kier alpha value is -0.580. The average molecular weight is 339 g/mol. The van der Waals surface area contributed by atoms with Crippen molar-refractivity contribution in [1.29, 1.82) is 0 Å². The second-order valence-electron chi connectivity index (χ2n) is 5.83. The fourth-order valence-corrected chi connectivity index (χ4v) is 3.75. The predicted octanol–water partition coefficient (Wildman–Crippen LogP) is 2.96. The van der Waals surface area contributed by atoms with E-state index in [9.17, 15) is 0 Å². The second kappa shape index (κ2) is 6.46. The first-order valence-electron chi connectivity index (χ1n) is 7.66. The SMILES string of the molecule is CCCNC1CCN(Cc2cc(Br)cc3c2OCC3)C1. The summed E-state index contributed by atoms with van der Waals surface area (Å²) in [5, 5.41) is 3.63. The molecule has 20 heavy (non-hydrogen) atoms. The van der Waals surface area contributed by atoms with Gasteiger partial charge in [0.25, 0.3) is 0 Å². The third kappa shape index (κ3) is 3.18. The van der Waals surface area contributed by atoms with Crippen molar-refractivity contribution in [2.45, 2.75) is 38.8 Å². The molecule has 2 aliphatic rings. The average Bonchev–Trinajstić information content (AvgIpc) is 3.05. The van der Waals surface area contributed by atoms with Crippen LogP contribution in [0, 0.1) is 0 Å². The first-order valence-corrected chi connectivity index (χ1v) is 8.45. The summed E-state index contributed by atoms with van der Waals surface area (Å²) in [6.07, 6.45) is 3.52. The predicted molar refractivity (Wildman–Crippen MR) is 85.3 cm³/mol. The number of hydrogen-bond acceptors (Lipinski definition) is 3. The van der Waals surface area contributed by atoms with Gasteiger partial charge in [0, 0.05) is 42.1 Å². The zero-order chi connectivity index (χ0) is 13.9.